The molecule has 0 aliphatic rings. The number of alkyl halides is 3. The number of hydrogen-bond acceptors (Lipinski definition) is 2. The van der Waals surface area contributed by atoms with E-state index in [1.165, 1.54) is 4.90 Å². The van der Waals surface area contributed by atoms with Crippen molar-refractivity contribution in [3.8, 4) is 0 Å². The van der Waals surface area contributed by atoms with Crippen LogP contribution in [0.15, 0.2) is 0 Å². The van der Waals surface area contributed by atoms with Gasteiger partial charge in [0.15, 0.2) is 0 Å². The number of hydrogen-bond donors (Lipinski definition) is 1. The third kappa shape index (κ3) is 5.34. The Bertz CT molecular complexity index is 229. The highest BCUT2D eigenvalue weighted by molar-refractivity contribution is 5.67. The number of carboxylic acid groups (broad SMARTS) is 1. The Hall–Kier alpha value is -0.780. The van der Waals surface area contributed by atoms with Crippen LogP contribution in [0.1, 0.15) is 27.2 Å². The van der Waals surface area contributed by atoms with Crippen LogP contribution in [0.3, 0.4) is 0 Å². The lowest BCUT2D eigenvalue weighted by Gasteiger charge is -2.32. The van der Waals surface area contributed by atoms with Crippen LogP contribution in [0.5, 0.6) is 0 Å². The van der Waals surface area contributed by atoms with Crippen LogP contribution in [-0.2, 0) is 4.79 Å². The summed E-state index contributed by atoms with van der Waals surface area (Å²) in [4.78, 5) is 11.6. The van der Waals surface area contributed by atoms with E-state index in [0.29, 0.717) is 0 Å². The minimum Gasteiger partial charge on any atom is -0.481 e. The zero-order valence-electron chi connectivity index (χ0n) is 9.71. The summed E-state index contributed by atoms with van der Waals surface area (Å²) in [5, 5.41) is 8.50. The van der Waals surface area contributed by atoms with Gasteiger partial charge < -0.3 is 5.11 Å². The van der Waals surface area contributed by atoms with Gasteiger partial charge in [-0.15, -0.1) is 0 Å². The van der Waals surface area contributed by atoms with Crippen molar-refractivity contribution in [1.29, 1.82) is 0 Å². The highest BCUT2D eigenvalue weighted by atomic mass is 19.4. The Labute approximate surface area is 93.2 Å². The Balaban J connectivity index is 4.76. The summed E-state index contributed by atoms with van der Waals surface area (Å²) in [7, 11) is 0. The minimum absolute atomic E-state index is 0.0681. The molecule has 0 saturated heterocycles. The van der Waals surface area contributed by atoms with Crippen molar-refractivity contribution in [2.45, 2.75) is 39.4 Å². The van der Waals surface area contributed by atoms with E-state index in [0.717, 1.165) is 0 Å². The third-order valence-electron chi connectivity index (χ3n) is 2.19. The summed E-state index contributed by atoms with van der Waals surface area (Å²) in [5.74, 6) is -1.36. The van der Waals surface area contributed by atoms with E-state index in [1.807, 2.05) is 0 Å². The van der Waals surface area contributed by atoms with Gasteiger partial charge in [-0.25, -0.2) is 0 Å². The largest absolute Gasteiger partial charge is 0.481 e. The molecule has 1 atom stereocenters. The lowest BCUT2D eigenvalue weighted by Crippen LogP contribution is -2.48. The average molecular weight is 241 g/mol. The molecule has 6 heteroatoms. The molecular formula is C10H18F3NO2. The molecule has 0 radical (unpaired) electrons. The molecule has 0 heterocycles. The van der Waals surface area contributed by atoms with Crippen molar-refractivity contribution in [3.05, 3.63) is 0 Å². The Morgan fingerprint density at radius 2 is 1.88 bits per heavy atom. The molecule has 0 saturated carbocycles. The molecule has 0 spiro atoms. The van der Waals surface area contributed by atoms with E-state index in [2.05, 4.69) is 0 Å². The fourth-order valence-corrected chi connectivity index (χ4v) is 1.56. The van der Waals surface area contributed by atoms with Crippen LogP contribution in [0.4, 0.5) is 13.2 Å². The van der Waals surface area contributed by atoms with Crippen molar-refractivity contribution >= 4 is 5.97 Å². The predicted octanol–water partition coefficient (Wildman–Crippen LogP) is 2.37. The van der Waals surface area contributed by atoms with Crippen LogP contribution >= 0.6 is 0 Å². The first-order chi connectivity index (χ1) is 7.18. The first-order valence-corrected chi connectivity index (χ1v) is 5.21. The number of aliphatic carboxylic acids is 1. The average Bonchev–Trinajstić information content (AvgIpc) is 2.08. The predicted molar refractivity (Wildman–Crippen MR) is 54.2 cm³/mol. The molecule has 0 aromatic heterocycles. The highest BCUT2D eigenvalue weighted by Crippen LogP contribution is 2.27. The van der Waals surface area contributed by atoms with E-state index >= 15 is 0 Å². The van der Waals surface area contributed by atoms with Gasteiger partial charge in [0.2, 0.25) is 0 Å². The van der Waals surface area contributed by atoms with Crippen LogP contribution in [0.25, 0.3) is 0 Å². The Morgan fingerprint density at radius 3 is 2.12 bits per heavy atom. The van der Waals surface area contributed by atoms with E-state index in [-0.39, 0.29) is 19.0 Å². The molecule has 0 aromatic carbocycles. The molecule has 0 bridgehead atoms. The van der Waals surface area contributed by atoms with Crippen molar-refractivity contribution in [2.75, 3.05) is 13.1 Å². The monoisotopic (exact) mass is 241 g/mol. The molecule has 16 heavy (non-hydrogen) atoms. The normalized spacial score (nSPS) is 14.5. The van der Waals surface area contributed by atoms with Gasteiger partial charge in [-0.3, -0.25) is 9.69 Å². The van der Waals surface area contributed by atoms with Crippen molar-refractivity contribution in [1.82, 2.24) is 4.90 Å². The summed E-state index contributed by atoms with van der Waals surface area (Å²) >= 11 is 0. The standard InChI is InChI=1S/C10H18F3NO2/c1-4-14(6-7(2)3)8(5-9(15)16)10(11,12)13/h7-8H,4-6H2,1-3H3,(H,15,16). The lowest BCUT2D eigenvalue weighted by atomic mass is 10.1. The molecule has 0 aliphatic heterocycles. The van der Waals surface area contributed by atoms with E-state index < -0.39 is 24.6 Å². The number of carbonyl (C=O) groups is 1. The summed E-state index contributed by atoms with van der Waals surface area (Å²) in [6.45, 7) is 5.64. The summed E-state index contributed by atoms with van der Waals surface area (Å²) < 4.78 is 38.0. The van der Waals surface area contributed by atoms with Gasteiger partial charge in [0.1, 0.15) is 6.04 Å². The lowest BCUT2D eigenvalue weighted by molar-refractivity contribution is -0.191. The van der Waals surface area contributed by atoms with Crippen molar-refractivity contribution in [2.24, 2.45) is 5.92 Å². The van der Waals surface area contributed by atoms with E-state index in [9.17, 15) is 18.0 Å². The molecule has 3 nitrogen and oxygen atoms in total. The highest BCUT2D eigenvalue weighted by Gasteiger charge is 2.44. The van der Waals surface area contributed by atoms with Crippen LogP contribution < -0.4 is 0 Å². The summed E-state index contributed by atoms with van der Waals surface area (Å²) in [6.07, 6.45) is -5.40. The second-order valence-electron chi connectivity index (χ2n) is 4.14. The number of nitrogens with zero attached hydrogens (tertiary/aromatic N) is 1. The number of halogens is 3. The second-order valence-corrected chi connectivity index (χ2v) is 4.14. The quantitative estimate of drug-likeness (QED) is 0.776. The SMILES string of the molecule is CCN(CC(C)C)C(CC(=O)O)C(F)(F)F. The van der Waals surface area contributed by atoms with Crippen molar-refractivity contribution in [3.63, 3.8) is 0 Å². The van der Waals surface area contributed by atoms with Gasteiger partial charge in [-0.1, -0.05) is 20.8 Å². The summed E-state index contributed by atoms with van der Waals surface area (Å²) in [6, 6.07) is -1.89. The Kier molecular flexibility index (Phi) is 5.78. The maximum atomic E-state index is 12.7. The fraction of sp³-hybridized carbons (Fsp3) is 0.900. The Morgan fingerprint density at radius 1 is 1.38 bits per heavy atom. The zero-order valence-corrected chi connectivity index (χ0v) is 9.71. The maximum absolute atomic E-state index is 12.7. The fourth-order valence-electron chi connectivity index (χ4n) is 1.56. The topological polar surface area (TPSA) is 40.5 Å². The van der Waals surface area contributed by atoms with Gasteiger partial charge in [0.25, 0.3) is 0 Å². The molecule has 96 valence electrons. The second kappa shape index (κ2) is 6.08. The molecule has 0 aromatic rings. The van der Waals surface area contributed by atoms with Gasteiger partial charge in [0, 0.05) is 6.54 Å². The number of rotatable bonds is 6. The summed E-state index contributed by atoms with van der Waals surface area (Å²) in [5.41, 5.74) is 0. The smallest absolute Gasteiger partial charge is 0.404 e. The van der Waals surface area contributed by atoms with Gasteiger partial charge >= 0.3 is 12.1 Å². The van der Waals surface area contributed by atoms with E-state index in [1.54, 1.807) is 20.8 Å². The molecule has 0 amide bonds. The first kappa shape index (κ1) is 15.2. The van der Waals surface area contributed by atoms with Gasteiger partial charge in [0.05, 0.1) is 6.42 Å². The zero-order chi connectivity index (χ0) is 12.9. The van der Waals surface area contributed by atoms with E-state index in [4.69, 9.17) is 5.11 Å². The van der Waals surface area contributed by atoms with Crippen LogP contribution in [0, 0.1) is 5.92 Å². The molecule has 0 aliphatic carbocycles. The third-order valence-corrected chi connectivity index (χ3v) is 2.19. The molecule has 0 rings (SSSR count). The van der Waals surface area contributed by atoms with Crippen LogP contribution in [-0.4, -0.2) is 41.3 Å². The van der Waals surface area contributed by atoms with Crippen LogP contribution in [0.2, 0.25) is 0 Å². The maximum Gasteiger partial charge on any atom is 0.404 e. The number of carboxylic acids is 1. The molecule has 0 fully saturated rings. The van der Waals surface area contributed by atoms with Crippen molar-refractivity contribution < 1.29 is 23.1 Å². The molecule has 1 N–H and O–H groups in total. The molecule has 1 unspecified atom stereocenters. The first-order valence-electron chi connectivity index (χ1n) is 5.21. The molecular weight excluding hydrogens is 223 g/mol. The van der Waals surface area contributed by atoms with Gasteiger partial charge in [-0.05, 0) is 12.5 Å². The minimum atomic E-state index is -4.50. The van der Waals surface area contributed by atoms with Gasteiger partial charge in [-0.2, -0.15) is 13.2 Å².